The van der Waals surface area contributed by atoms with Crippen LogP contribution in [0.5, 0.6) is 11.5 Å². The molecule has 1 N–H and O–H groups in total. The van der Waals surface area contributed by atoms with E-state index in [1.807, 2.05) is 30.3 Å². The molecule has 2 aromatic carbocycles. The normalized spacial score (nSPS) is 11.9. The fourth-order valence-corrected chi connectivity index (χ4v) is 1.72. The number of para-hydroxylation sites is 1. The van der Waals surface area contributed by atoms with E-state index in [0.29, 0.717) is 17.7 Å². The molecule has 2 aromatic rings. The van der Waals surface area contributed by atoms with Crippen molar-refractivity contribution in [3.05, 3.63) is 60.2 Å². The minimum Gasteiger partial charge on any atom is -0.457 e. The van der Waals surface area contributed by atoms with E-state index < -0.39 is 6.10 Å². The van der Waals surface area contributed by atoms with Gasteiger partial charge in [-0.25, -0.2) is 0 Å². The van der Waals surface area contributed by atoms with Crippen molar-refractivity contribution in [1.29, 1.82) is 0 Å². The van der Waals surface area contributed by atoms with E-state index in [0.717, 1.165) is 5.75 Å². The molecule has 3 nitrogen and oxygen atoms in total. The number of aliphatic hydroxyl groups is 1. The number of carbonyl (C=O) groups is 1. The highest BCUT2D eigenvalue weighted by molar-refractivity contribution is 5.83. The average Bonchev–Trinajstić information content (AvgIpc) is 2.47. The fraction of sp³-hybridized carbons (Fsp3) is 0.188. The zero-order chi connectivity index (χ0) is 13.7. The van der Waals surface area contributed by atoms with Gasteiger partial charge in [0.2, 0.25) is 0 Å². The maximum Gasteiger partial charge on any atom is 0.165 e. The van der Waals surface area contributed by atoms with Crippen LogP contribution in [-0.2, 0) is 4.79 Å². The molecule has 0 radical (unpaired) electrons. The molecule has 0 aliphatic heterocycles. The second kappa shape index (κ2) is 6.16. The predicted molar refractivity (Wildman–Crippen MR) is 73.2 cm³/mol. The second-order valence-corrected chi connectivity index (χ2v) is 4.21. The molecule has 0 fully saturated rings. The first-order chi connectivity index (χ1) is 9.20. The molecule has 0 spiro atoms. The topological polar surface area (TPSA) is 46.5 Å². The van der Waals surface area contributed by atoms with Gasteiger partial charge in [-0.3, -0.25) is 4.79 Å². The summed E-state index contributed by atoms with van der Waals surface area (Å²) in [4.78, 5) is 11.4. The predicted octanol–water partition coefficient (Wildman–Crippen LogP) is 3.49. The summed E-state index contributed by atoms with van der Waals surface area (Å²) in [6, 6.07) is 16.3. The molecular formula is C16H16O3. The van der Waals surface area contributed by atoms with Gasteiger partial charge in [0.15, 0.2) is 5.78 Å². The van der Waals surface area contributed by atoms with Gasteiger partial charge in [-0.2, -0.15) is 0 Å². The minimum absolute atomic E-state index is 0.184. The van der Waals surface area contributed by atoms with Crippen LogP contribution in [0.3, 0.4) is 0 Å². The van der Waals surface area contributed by atoms with Gasteiger partial charge >= 0.3 is 0 Å². The molecule has 3 heteroatoms. The van der Waals surface area contributed by atoms with E-state index in [-0.39, 0.29) is 5.78 Å². The molecule has 0 saturated carbocycles. The summed E-state index contributed by atoms with van der Waals surface area (Å²) in [6.07, 6.45) is -0.723. The third-order valence-corrected chi connectivity index (χ3v) is 2.83. The number of carbonyl (C=O) groups excluding carboxylic acids is 1. The number of rotatable bonds is 5. The lowest BCUT2D eigenvalue weighted by Crippen LogP contribution is -2.10. The Labute approximate surface area is 112 Å². The van der Waals surface area contributed by atoms with Gasteiger partial charge in [0, 0.05) is 6.42 Å². The zero-order valence-electron chi connectivity index (χ0n) is 10.7. The summed E-state index contributed by atoms with van der Waals surface area (Å²) in [6.45, 7) is 1.73. The van der Waals surface area contributed by atoms with Crippen LogP contribution >= 0.6 is 0 Å². The quantitative estimate of drug-likeness (QED) is 0.890. The molecular weight excluding hydrogens is 240 g/mol. The maximum atomic E-state index is 11.4. The van der Waals surface area contributed by atoms with Crippen molar-refractivity contribution in [2.75, 3.05) is 0 Å². The number of benzene rings is 2. The van der Waals surface area contributed by atoms with Crippen LogP contribution in [0.2, 0.25) is 0 Å². The van der Waals surface area contributed by atoms with Gasteiger partial charge in [-0.05, 0) is 29.8 Å². The molecule has 0 saturated heterocycles. The minimum atomic E-state index is -1.05. The Morgan fingerprint density at radius 2 is 1.63 bits per heavy atom. The first kappa shape index (κ1) is 13.3. The van der Waals surface area contributed by atoms with Gasteiger partial charge < -0.3 is 9.84 Å². The molecule has 0 amide bonds. The molecule has 1 unspecified atom stereocenters. The SMILES string of the molecule is CCC(=O)C(O)c1ccc(Oc2ccccc2)cc1. The summed E-state index contributed by atoms with van der Waals surface area (Å²) >= 11 is 0. The van der Waals surface area contributed by atoms with E-state index >= 15 is 0 Å². The number of ether oxygens (including phenoxy) is 1. The number of Topliss-reactive ketones (excluding diaryl/α,β-unsaturated/α-hetero) is 1. The highest BCUT2D eigenvalue weighted by atomic mass is 16.5. The smallest absolute Gasteiger partial charge is 0.165 e. The lowest BCUT2D eigenvalue weighted by atomic mass is 10.0. The standard InChI is InChI=1S/C16H16O3/c1-2-15(17)16(18)12-8-10-14(11-9-12)19-13-6-4-3-5-7-13/h3-11,16,18H,2H2,1H3. The second-order valence-electron chi connectivity index (χ2n) is 4.21. The molecule has 0 bridgehead atoms. The van der Waals surface area contributed by atoms with E-state index in [1.165, 1.54) is 0 Å². The monoisotopic (exact) mass is 256 g/mol. The summed E-state index contributed by atoms with van der Waals surface area (Å²) in [5, 5.41) is 9.78. The van der Waals surface area contributed by atoms with Crippen LogP contribution in [0.1, 0.15) is 25.0 Å². The largest absolute Gasteiger partial charge is 0.457 e. The van der Waals surface area contributed by atoms with Gasteiger partial charge in [-0.1, -0.05) is 37.3 Å². The molecule has 0 aromatic heterocycles. The third kappa shape index (κ3) is 3.42. The highest BCUT2D eigenvalue weighted by Crippen LogP contribution is 2.23. The Morgan fingerprint density at radius 3 is 2.21 bits per heavy atom. The first-order valence-electron chi connectivity index (χ1n) is 6.24. The number of hydrogen-bond donors (Lipinski definition) is 1. The third-order valence-electron chi connectivity index (χ3n) is 2.83. The van der Waals surface area contributed by atoms with Gasteiger partial charge in [0.05, 0.1) is 0 Å². The fourth-order valence-electron chi connectivity index (χ4n) is 1.72. The van der Waals surface area contributed by atoms with Crippen molar-refractivity contribution >= 4 is 5.78 Å². The van der Waals surface area contributed by atoms with Crippen molar-refractivity contribution in [3.63, 3.8) is 0 Å². The van der Waals surface area contributed by atoms with Gasteiger partial charge in [0.1, 0.15) is 17.6 Å². The van der Waals surface area contributed by atoms with Crippen LogP contribution in [0.4, 0.5) is 0 Å². The lowest BCUT2D eigenvalue weighted by molar-refractivity contribution is -0.127. The van der Waals surface area contributed by atoms with Gasteiger partial charge in [0.25, 0.3) is 0 Å². The van der Waals surface area contributed by atoms with Crippen LogP contribution in [0, 0.1) is 0 Å². The van der Waals surface area contributed by atoms with Crippen LogP contribution in [-0.4, -0.2) is 10.9 Å². The zero-order valence-corrected chi connectivity index (χ0v) is 10.7. The number of ketones is 1. The van der Waals surface area contributed by atoms with Crippen molar-refractivity contribution in [1.82, 2.24) is 0 Å². The summed E-state index contributed by atoms with van der Waals surface area (Å²) in [5.74, 6) is 1.24. The molecule has 0 aliphatic rings. The van der Waals surface area contributed by atoms with Crippen LogP contribution < -0.4 is 4.74 Å². The van der Waals surface area contributed by atoms with E-state index in [2.05, 4.69) is 0 Å². The van der Waals surface area contributed by atoms with Crippen molar-refractivity contribution in [2.45, 2.75) is 19.4 Å². The average molecular weight is 256 g/mol. The highest BCUT2D eigenvalue weighted by Gasteiger charge is 2.14. The van der Waals surface area contributed by atoms with Crippen molar-refractivity contribution in [2.24, 2.45) is 0 Å². The Balaban J connectivity index is 2.08. The molecule has 0 heterocycles. The van der Waals surface area contributed by atoms with Crippen molar-refractivity contribution in [3.8, 4) is 11.5 Å². The molecule has 0 aliphatic carbocycles. The Morgan fingerprint density at radius 1 is 1.05 bits per heavy atom. The summed E-state index contributed by atoms with van der Waals surface area (Å²) in [7, 11) is 0. The number of aliphatic hydroxyl groups excluding tert-OH is 1. The van der Waals surface area contributed by atoms with E-state index in [1.54, 1.807) is 31.2 Å². The van der Waals surface area contributed by atoms with E-state index in [4.69, 9.17) is 4.74 Å². The summed E-state index contributed by atoms with van der Waals surface area (Å²) in [5.41, 5.74) is 0.590. The maximum absolute atomic E-state index is 11.4. The van der Waals surface area contributed by atoms with Crippen LogP contribution in [0.15, 0.2) is 54.6 Å². The summed E-state index contributed by atoms with van der Waals surface area (Å²) < 4.78 is 5.63. The molecule has 2 rings (SSSR count). The molecule has 19 heavy (non-hydrogen) atoms. The Hall–Kier alpha value is -2.13. The lowest BCUT2D eigenvalue weighted by Gasteiger charge is -2.10. The first-order valence-corrected chi connectivity index (χ1v) is 6.24. The number of hydrogen-bond acceptors (Lipinski definition) is 3. The molecule has 1 atom stereocenters. The molecule has 98 valence electrons. The Kier molecular flexibility index (Phi) is 4.31. The van der Waals surface area contributed by atoms with Crippen LogP contribution in [0.25, 0.3) is 0 Å². The van der Waals surface area contributed by atoms with Crippen molar-refractivity contribution < 1.29 is 14.6 Å². The van der Waals surface area contributed by atoms with Gasteiger partial charge in [-0.15, -0.1) is 0 Å². The Bertz CT molecular complexity index is 532. The van der Waals surface area contributed by atoms with E-state index in [9.17, 15) is 9.90 Å².